The Kier molecular flexibility index (Phi) is 7.34. The molecule has 0 unspecified atom stereocenters. The number of nitrogens with zero attached hydrogens (tertiary/aromatic N) is 3. The van der Waals surface area contributed by atoms with Crippen molar-refractivity contribution in [1.82, 2.24) is 14.5 Å². The molecule has 0 radical (unpaired) electrons. The average molecular weight is 432 g/mol. The van der Waals surface area contributed by atoms with Gasteiger partial charge in [0.25, 0.3) is 5.91 Å². The fraction of sp³-hybridized carbons (Fsp3) is 0.609. The van der Waals surface area contributed by atoms with E-state index in [0.29, 0.717) is 38.5 Å². The molecule has 3 heterocycles. The molecule has 0 spiro atoms. The summed E-state index contributed by atoms with van der Waals surface area (Å²) in [5, 5.41) is 3.09. The maximum absolute atomic E-state index is 13.3. The molecule has 7 heteroatoms. The number of ether oxygens (including phenoxy) is 1. The molecule has 1 aliphatic heterocycles. The van der Waals surface area contributed by atoms with Crippen LogP contribution in [0.25, 0.3) is 11.4 Å². The Morgan fingerprint density at radius 3 is 2.53 bits per heavy atom. The van der Waals surface area contributed by atoms with Gasteiger partial charge >= 0.3 is 5.97 Å². The molecule has 0 aliphatic carbocycles. The number of aryl methyl sites for hydroxylation is 1. The van der Waals surface area contributed by atoms with Crippen LogP contribution in [0, 0.1) is 25.7 Å². The zero-order chi connectivity index (χ0) is 21.8. The van der Waals surface area contributed by atoms with E-state index < -0.39 is 0 Å². The molecule has 1 aliphatic rings. The first-order chi connectivity index (χ1) is 14.3. The number of carbonyl (C=O) groups is 2. The van der Waals surface area contributed by atoms with Crippen LogP contribution < -0.4 is 0 Å². The van der Waals surface area contributed by atoms with Gasteiger partial charge in [0.05, 0.1) is 34.5 Å². The maximum Gasteiger partial charge on any atom is 0.309 e. The first kappa shape index (κ1) is 22.5. The number of carbonyl (C=O) groups excluding carboxylic acids is 2. The summed E-state index contributed by atoms with van der Waals surface area (Å²) in [6.45, 7) is 12.7. The fourth-order valence-corrected chi connectivity index (χ4v) is 4.59. The Morgan fingerprint density at radius 2 is 1.97 bits per heavy atom. The highest BCUT2D eigenvalue weighted by molar-refractivity contribution is 7.09. The summed E-state index contributed by atoms with van der Waals surface area (Å²) < 4.78 is 7.39. The number of esters is 1. The second kappa shape index (κ2) is 9.77. The van der Waals surface area contributed by atoms with Crippen molar-refractivity contribution in [2.75, 3.05) is 19.7 Å². The number of amides is 1. The summed E-state index contributed by atoms with van der Waals surface area (Å²) in [5.74, 6) is 0.394. The molecule has 0 N–H and O–H groups in total. The molecule has 1 fully saturated rings. The number of hydrogen-bond donors (Lipinski definition) is 0. The van der Waals surface area contributed by atoms with Gasteiger partial charge in [-0.1, -0.05) is 13.8 Å². The quantitative estimate of drug-likeness (QED) is 0.597. The Morgan fingerprint density at radius 1 is 1.27 bits per heavy atom. The molecule has 164 valence electrons. The van der Waals surface area contributed by atoms with Gasteiger partial charge in [0.15, 0.2) is 0 Å². The molecule has 2 aromatic heterocycles. The van der Waals surface area contributed by atoms with Crippen LogP contribution in [0.1, 0.15) is 61.1 Å². The smallest absolute Gasteiger partial charge is 0.309 e. The van der Waals surface area contributed by atoms with Crippen LogP contribution in [0.5, 0.6) is 0 Å². The molecule has 6 nitrogen and oxygen atoms in total. The molecule has 1 saturated heterocycles. The molecule has 0 bridgehead atoms. The fourth-order valence-electron chi connectivity index (χ4n) is 3.98. The SMILES string of the molecule is CCOC(=O)C1CCN(C(=O)c2cc(-c3csc(C)n3)n(CCC(C)C)c2C)CC1. The lowest BCUT2D eigenvalue weighted by Crippen LogP contribution is -2.40. The van der Waals surface area contributed by atoms with Crippen LogP contribution in [0.4, 0.5) is 0 Å². The van der Waals surface area contributed by atoms with Crippen molar-refractivity contribution >= 4 is 23.2 Å². The summed E-state index contributed by atoms with van der Waals surface area (Å²) in [7, 11) is 0. The second-order valence-corrected chi connectivity index (χ2v) is 9.50. The van der Waals surface area contributed by atoms with Crippen LogP contribution in [0.2, 0.25) is 0 Å². The van der Waals surface area contributed by atoms with Crippen molar-refractivity contribution in [3.05, 3.63) is 27.7 Å². The van der Waals surface area contributed by atoms with Crippen LogP contribution in [-0.4, -0.2) is 46.0 Å². The van der Waals surface area contributed by atoms with E-state index >= 15 is 0 Å². The van der Waals surface area contributed by atoms with E-state index in [1.54, 1.807) is 11.3 Å². The highest BCUT2D eigenvalue weighted by Crippen LogP contribution is 2.30. The molecule has 0 aromatic carbocycles. The maximum atomic E-state index is 13.3. The molecular formula is C23H33N3O3S. The predicted molar refractivity (Wildman–Crippen MR) is 120 cm³/mol. The van der Waals surface area contributed by atoms with Crippen molar-refractivity contribution in [3.63, 3.8) is 0 Å². The van der Waals surface area contributed by atoms with Crippen LogP contribution in [0.3, 0.4) is 0 Å². The van der Waals surface area contributed by atoms with Gasteiger partial charge in [0.2, 0.25) is 0 Å². The van der Waals surface area contributed by atoms with E-state index in [1.165, 1.54) is 0 Å². The molecule has 1 amide bonds. The zero-order valence-electron chi connectivity index (χ0n) is 18.7. The number of likely N-dealkylation sites (tertiary alicyclic amines) is 1. The van der Waals surface area contributed by atoms with E-state index in [4.69, 9.17) is 4.74 Å². The first-order valence-corrected chi connectivity index (χ1v) is 11.8. The summed E-state index contributed by atoms with van der Waals surface area (Å²) >= 11 is 1.63. The number of piperidine rings is 1. The van der Waals surface area contributed by atoms with Gasteiger partial charge in [-0.3, -0.25) is 9.59 Å². The van der Waals surface area contributed by atoms with Crippen molar-refractivity contribution in [1.29, 1.82) is 0 Å². The van der Waals surface area contributed by atoms with E-state index in [2.05, 4.69) is 28.8 Å². The highest BCUT2D eigenvalue weighted by atomic mass is 32.1. The topological polar surface area (TPSA) is 64.4 Å². The van der Waals surface area contributed by atoms with Gasteiger partial charge in [-0.2, -0.15) is 0 Å². The minimum absolute atomic E-state index is 0.0475. The number of rotatable bonds is 7. The lowest BCUT2D eigenvalue weighted by molar-refractivity contribution is -0.149. The van der Waals surface area contributed by atoms with Gasteiger partial charge in [-0.25, -0.2) is 4.98 Å². The Hall–Kier alpha value is -2.15. The van der Waals surface area contributed by atoms with Gasteiger partial charge in [0.1, 0.15) is 0 Å². The summed E-state index contributed by atoms with van der Waals surface area (Å²) in [6.07, 6.45) is 2.37. The molecule has 0 atom stereocenters. The van der Waals surface area contributed by atoms with Crippen LogP contribution >= 0.6 is 11.3 Å². The molecule has 0 saturated carbocycles. The summed E-state index contributed by atoms with van der Waals surface area (Å²) in [6, 6.07) is 2.00. The predicted octanol–water partition coefficient (Wildman–Crippen LogP) is 4.69. The van der Waals surface area contributed by atoms with Gasteiger partial charge in [0, 0.05) is 30.7 Å². The first-order valence-electron chi connectivity index (χ1n) is 10.9. The Balaban J connectivity index is 1.81. The van der Waals surface area contributed by atoms with E-state index in [9.17, 15) is 9.59 Å². The lowest BCUT2D eigenvalue weighted by atomic mass is 9.96. The van der Waals surface area contributed by atoms with Crippen molar-refractivity contribution in [2.24, 2.45) is 11.8 Å². The van der Waals surface area contributed by atoms with Crippen LogP contribution in [0.15, 0.2) is 11.4 Å². The standard InChI is InChI=1S/C23H33N3O3S/c1-6-29-23(28)18-8-10-25(11-9-18)22(27)19-13-21(20-14-30-17(5)24-20)26(16(19)4)12-7-15(2)3/h13-15,18H,6-12H2,1-5H3. The average Bonchev–Trinajstić information content (AvgIpc) is 3.29. The third kappa shape index (κ3) is 4.94. The second-order valence-electron chi connectivity index (χ2n) is 8.43. The molecule has 2 aromatic rings. The van der Waals surface area contributed by atoms with E-state index in [0.717, 1.165) is 40.6 Å². The highest BCUT2D eigenvalue weighted by Gasteiger charge is 2.30. The monoisotopic (exact) mass is 431 g/mol. The molecule has 30 heavy (non-hydrogen) atoms. The number of thiazole rings is 1. The third-order valence-electron chi connectivity index (χ3n) is 5.81. The van der Waals surface area contributed by atoms with Crippen molar-refractivity contribution < 1.29 is 14.3 Å². The largest absolute Gasteiger partial charge is 0.466 e. The lowest BCUT2D eigenvalue weighted by Gasteiger charge is -2.31. The van der Waals surface area contributed by atoms with Gasteiger partial charge in [-0.05, 0) is 52.0 Å². The minimum Gasteiger partial charge on any atom is -0.466 e. The van der Waals surface area contributed by atoms with Gasteiger partial charge < -0.3 is 14.2 Å². The normalized spacial score (nSPS) is 15.1. The number of hydrogen-bond acceptors (Lipinski definition) is 5. The minimum atomic E-state index is -0.137. The Bertz CT molecular complexity index is 892. The zero-order valence-corrected chi connectivity index (χ0v) is 19.6. The van der Waals surface area contributed by atoms with Gasteiger partial charge in [-0.15, -0.1) is 11.3 Å². The third-order valence-corrected chi connectivity index (χ3v) is 6.58. The van der Waals surface area contributed by atoms with Crippen LogP contribution in [-0.2, 0) is 16.1 Å². The summed E-state index contributed by atoms with van der Waals surface area (Å²) in [5.41, 5.74) is 3.69. The molecule has 3 rings (SSSR count). The van der Waals surface area contributed by atoms with Crippen molar-refractivity contribution in [3.8, 4) is 11.4 Å². The van der Waals surface area contributed by atoms with E-state index in [-0.39, 0.29) is 17.8 Å². The summed E-state index contributed by atoms with van der Waals surface area (Å²) in [4.78, 5) is 31.9. The molecular weight excluding hydrogens is 398 g/mol. The van der Waals surface area contributed by atoms with Crippen molar-refractivity contribution in [2.45, 2.75) is 60.4 Å². The Labute approximate surface area is 183 Å². The van der Waals surface area contributed by atoms with E-state index in [1.807, 2.05) is 31.7 Å². The number of aromatic nitrogens is 2.